The molecule has 33 heavy (non-hydrogen) atoms. The highest BCUT2D eigenvalue weighted by Crippen LogP contribution is 2.35. The fourth-order valence-corrected chi connectivity index (χ4v) is 4.30. The molecule has 3 aromatic rings. The molecule has 170 valence electrons. The van der Waals surface area contributed by atoms with Gasteiger partial charge in [-0.2, -0.15) is 8.78 Å². The number of rotatable bonds is 6. The number of thioether (sulfide) groups is 1. The highest BCUT2D eigenvalue weighted by atomic mass is 32.2. The van der Waals surface area contributed by atoms with Gasteiger partial charge in [-0.1, -0.05) is 12.1 Å². The highest BCUT2D eigenvalue weighted by molar-refractivity contribution is 7.99. The van der Waals surface area contributed by atoms with Crippen LogP contribution in [0.3, 0.4) is 0 Å². The molecule has 3 aromatic carbocycles. The Labute approximate surface area is 193 Å². The summed E-state index contributed by atoms with van der Waals surface area (Å²) >= 11 is 1.55. The zero-order chi connectivity index (χ0) is 23.4. The lowest BCUT2D eigenvalue weighted by Crippen LogP contribution is -2.14. The Morgan fingerprint density at radius 1 is 1.09 bits per heavy atom. The number of carbonyl (C=O) groups excluding carboxylic acids is 2. The van der Waals surface area contributed by atoms with E-state index < -0.39 is 12.5 Å². The van der Waals surface area contributed by atoms with Gasteiger partial charge in [-0.25, -0.2) is 0 Å². The van der Waals surface area contributed by atoms with Crippen molar-refractivity contribution in [3.8, 4) is 22.6 Å². The number of anilines is 2. The van der Waals surface area contributed by atoms with Gasteiger partial charge in [-0.05, 0) is 54.1 Å². The number of nitrogens with one attached hydrogen (secondary N) is 2. The second-order valence-corrected chi connectivity index (χ2v) is 8.27. The fraction of sp³-hybridized carbons (Fsp3) is 0.167. The molecule has 1 aliphatic rings. The van der Waals surface area contributed by atoms with Gasteiger partial charge in [0.2, 0.25) is 5.91 Å². The van der Waals surface area contributed by atoms with Crippen molar-refractivity contribution < 1.29 is 27.8 Å². The summed E-state index contributed by atoms with van der Waals surface area (Å²) in [6.45, 7) is -2.99. The van der Waals surface area contributed by atoms with E-state index in [1.54, 1.807) is 60.3 Å². The van der Waals surface area contributed by atoms with Crippen LogP contribution in [0.15, 0.2) is 65.6 Å². The van der Waals surface area contributed by atoms with Crippen molar-refractivity contribution in [1.29, 1.82) is 0 Å². The SMILES string of the molecule is COc1ccc(-c2cc(NC(=O)c3ccc4c(c3)NC(=O)CCS4)ccc2OC(F)F)cc1. The second kappa shape index (κ2) is 9.91. The molecule has 0 fully saturated rings. The summed E-state index contributed by atoms with van der Waals surface area (Å²) in [5.74, 6) is 0.777. The molecule has 2 N–H and O–H groups in total. The van der Waals surface area contributed by atoms with Gasteiger partial charge in [0.15, 0.2) is 0 Å². The van der Waals surface area contributed by atoms with E-state index in [1.165, 1.54) is 19.2 Å². The zero-order valence-corrected chi connectivity index (χ0v) is 18.4. The van der Waals surface area contributed by atoms with Crippen LogP contribution in [-0.4, -0.2) is 31.3 Å². The Kier molecular flexibility index (Phi) is 6.79. The second-order valence-electron chi connectivity index (χ2n) is 7.13. The van der Waals surface area contributed by atoms with Crippen molar-refractivity contribution in [1.82, 2.24) is 0 Å². The van der Waals surface area contributed by atoms with Crippen molar-refractivity contribution in [3.63, 3.8) is 0 Å². The smallest absolute Gasteiger partial charge is 0.387 e. The van der Waals surface area contributed by atoms with Crippen molar-refractivity contribution >= 4 is 35.0 Å². The molecule has 0 aromatic heterocycles. The molecule has 6 nitrogen and oxygen atoms in total. The largest absolute Gasteiger partial charge is 0.497 e. The van der Waals surface area contributed by atoms with Crippen LogP contribution in [-0.2, 0) is 4.79 Å². The van der Waals surface area contributed by atoms with Gasteiger partial charge in [-0.15, -0.1) is 11.8 Å². The first kappa shape index (κ1) is 22.6. The Hall–Kier alpha value is -3.59. The van der Waals surface area contributed by atoms with Crippen LogP contribution >= 0.6 is 11.8 Å². The van der Waals surface area contributed by atoms with Crippen LogP contribution in [0.2, 0.25) is 0 Å². The van der Waals surface area contributed by atoms with Crippen molar-refractivity contribution in [3.05, 3.63) is 66.2 Å². The summed E-state index contributed by atoms with van der Waals surface area (Å²) in [6.07, 6.45) is 0.405. The predicted octanol–water partition coefficient (Wildman–Crippen LogP) is 5.65. The zero-order valence-electron chi connectivity index (χ0n) is 17.6. The minimum atomic E-state index is -2.99. The maximum Gasteiger partial charge on any atom is 0.387 e. The number of alkyl halides is 2. The third-order valence-corrected chi connectivity index (χ3v) is 6.03. The maximum atomic E-state index is 12.9. The van der Waals surface area contributed by atoms with Crippen molar-refractivity contribution in [2.75, 3.05) is 23.5 Å². The predicted molar refractivity (Wildman–Crippen MR) is 123 cm³/mol. The Morgan fingerprint density at radius 3 is 2.61 bits per heavy atom. The van der Waals surface area contributed by atoms with Crippen LogP contribution in [0.5, 0.6) is 11.5 Å². The Morgan fingerprint density at radius 2 is 1.88 bits per heavy atom. The first-order valence-electron chi connectivity index (χ1n) is 10.0. The standard InChI is InChI=1S/C24H20F2N2O4S/c1-31-17-6-2-14(3-7-17)18-13-16(5-8-20(18)32-24(25)26)27-23(30)15-4-9-21-19(12-15)28-22(29)10-11-33-21/h2-9,12-13,24H,10-11H2,1H3,(H,27,30)(H,28,29). The molecule has 0 saturated carbocycles. The molecule has 0 saturated heterocycles. The third-order valence-electron chi connectivity index (χ3n) is 4.96. The number of halogens is 2. The van der Waals surface area contributed by atoms with Gasteiger partial charge < -0.3 is 20.1 Å². The summed E-state index contributed by atoms with van der Waals surface area (Å²) in [7, 11) is 1.53. The van der Waals surface area contributed by atoms with E-state index >= 15 is 0 Å². The average molecular weight is 470 g/mol. The summed E-state index contributed by atoms with van der Waals surface area (Å²) < 4.78 is 35.6. The molecule has 0 bridgehead atoms. The van der Waals surface area contributed by atoms with E-state index in [-0.39, 0.29) is 11.7 Å². The van der Waals surface area contributed by atoms with Gasteiger partial charge in [0.05, 0.1) is 12.8 Å². The number of ether oxygens (including phenoxy) is 2. The van der Waals surface area contributed by atoms with E-state index in [9.17, 15) is 18.4 Å². The van der Waals surface area contributed by atoms with Crippen LogP contribution in [0.4, 0.5) is 20.2 Å². The topological polar surface area (TPSA) is 76.7 Å². The number of fused-ring (bicyclic) bond motifs is 1. The molecular weight excluding hydrogens is 450 g/mol. The lowest BCUT2D eigenvalue weighted by atomic mass is 10.0. The Bertz CT molecular complexity index is 1190. The van der Waals surface area contributed by atoms with Crippen LogP contribution in [0.1, 0.15) is 16.8 Å². The van der Waals surface area contributed by atoms with Crippen molar-refractivity contribution in [2.24, 2.45) is 0 Å². The first-order chi connectivity index (χ1) is 15.9. The average Bonchev–Trinajstić information content (AvgIpc) is 2.99. The summed E-state index contributed by atoms with van der Waals surface area (Å²) in [5.41, 5.74) is 2.36. The molecule has 1 heterocycles. The van der Waals surface area contributed by atoms with E-state index in [1.807, 2.05) is 0 Å². The van der Waals surface area contributed by atoms with Crippen molar-refractivity contribution in [2.45, 2.75) is 17.9 Å². The quantitative estimate of drug-likeness (QED) is 0.487. The minimum Gasteiger partial charge on any atom is -0.497 e. The van der Waals surface area contributed by atoms with Crippen LogP contribution in [0, 0.1) is 0 Å². The molecule has 1 aliphatic heterocycles. The molecule has 0 aliphatic carbocycles. The van der Waals surface area contributed by atoms with Gasteiger partial charge in [-0.3, -0.25) is 9.59 Å². The van der Waals surface area contributed by atoms with E-state index in [0.717, 1.165) is 4.90 Å². The summed E-state index contributed by atoms with van der Waals surface area (Å²) in [6, 6.07) is 16.4. The lowest BCUT2D eigenvalue weighted by molar-refractivity contribution is -0.115. The summed E-state index contributed by atoms with van der Waals surface area (Å²) in [4.78, 5) is 25.6. The number of hydrogen-bond donors (Lipinski definition) is 2. The number of amides is 2. The third kappa shape index (κ3) is 5.43. The number of benzene rings is 3. The van der Waals surface area contributed by atoms with Gasteiger partial charge in [0.1, 0.15) is 11.5 Å². The van der Waals surface area contributed by atoms with E-state index in [4.69, 9.17) is 4.74 Å². The van der Waals surface area contributed by atoms with Gasteiger partial charge >= 0.3 is 6.61 Å². The maximum absolute atomic E-state index is 12.9. The highest BCUT2D eigenvalue weighted by Gasteiger charge is 2.17. The monoisotopic (exact) mass is 470 g/mol. The molecule has 9 heteroatoms. The molecule has 4 rings (SSSR count). The lowest BCUT2D eigenvalue weighted by Gasteiger charge is -2.14. The van der Waals surface area contributed by atoms with E-state index in [2.05, 4.69) is 15.4 Å². The van der Waals surface area contributed by atoms with Gasteiger partial charge in [0.25, 0.3) is 5.91 Å². The Balaban J connectivity index is 1.61. The number of hydrogen-bond acceptors (Lipinski definition) is 5. The first-order valence-corrected chi connectivity index (χ1v) is 11.0. The molecule has 2 amide bonds. The fourth-order valence-electron chi connectivity index (χ4n) is 3.37. The molecule has 0 atom stereocenters. The minimum absolute atomic E-state index is 0.0158. The molecule has 0 spiro atoms. The molecular formula is C24H20F2N2O4S. The van der Waals surface area contributed by atoms with E-state index in [0.29, 0.717) is 46.0 Å². The number of carbonyl (C=O) groups is 2. The molecule has 0 unspecified atom stereocenters. The normalized spacial score (nSPS) is 13.0. The van der Waals surface area contributed by atoms with Gasteiger partial charge in [0, 0.05) is 33.9 Å². The van der Waals surface area contributed by atoms with Crippen LogP contribution < -0.4 is 20.1 Å². The number of methoxy groups -OCH3 is 1. The molecule has 0 radical (unpaired) electrons. The summed E-state index contributed by atoms with van der Waals surface area (Å²) in [5, 5.41) is 5.59. The van der Waals surface area contributed by atoms with Crippen LogP contribution in [0.25, 0.3) is 11.1 Å².